The van der Waals surface area contributed by atoms with E-state index < -0.39 is 6.10 Å². The first-order valence-corrected chi connectivity index (χ1v) is 5.00. The molecule has 2 rings (SSSR count). The predicted molar refractivity (Wildman–Crippen MR) is 57.5 cm³/mol. The molecular weight excluding hydrogens is 195 g/mol. The van der Waals surface area contributed by atoms with E-state index in [4.69, 9.17) is 0 Å². The summed E-state index contributed by atoms with van der Waals surface area (Å²) in [6.45, 7) is 0.603. The molecule has 0 saturated carbocycles. The van der Waals surface area contributed by atoms with Gasteiger partial charge in [-0.1, -0.05) is 12.1 Å². The quantitative estimate of drug-likeness (QED) is 0.723. The Bertz CT molecular complexity index is 370. The van der Waals surface area contributed by atoms with Gasteiger partial charge in [0.05, 0.1) is 17.8 Å². The minimum absolute atomic E-state index is 0.0516. The molecule has 4 heteroatoms. The number of para-hydroxylation sites is 1. The van der Waals surface area contributed by atoms with Gasteiger partial charge in [-0.2, -0.15) is 0 Å². The zero-order valence-electron chi connectivity index (χ0n) is 8.87. The Kier molecular flexibility index (Phi) is 2.63. The third-order valence-corrected chi connectivity index (χ3v) is 2.94. The van der Waals surface area contributed by atoms with Gasteiger partial charge in [-0.15, -0.1) is 0 Å². The summed E-state index contributed by atoms with van der Waals surface area (Å²) in [5, 5.41) is 13.0. The lowest BCUT2D eigenvalue weighted by atomic mass is 9.95. The Balaban J connectivity index is 2.49. The zero-order chi connectivity index (χ0) is 11.0. The molecule has 0 saturated heterocycles. The Morgan fingerprint density at radius 1 is 1.53 bits per heavy atom. The lowest BCUT2D eigenvalue weighted by Crippen LogP contribution is -2.46. The first kappa shape index (κ1) is 10.4. The maximum Gasteiger partial charge on any atom is 0.146 e. The molecule has 2 atom stereocenters. The highest BCUT2D eigenvalue weighted by Crippen LogP contribution is 2.34. The molecule has 0 spiro atoms. The molecule has 0 amide bonds. The van der Waals surface area contributed by atoms with Crippen LogP contribution in [0.15, 0.2) is 18.2 Å². The molecule has 2 unspecified atom stereocenters. The first-order valence-electron chi connectivity index (χ1n) is 5.00. The summed E-state index contributed by atoms with van der Waals surface area (Å²) >= 11 is 0. The Morgan fingerprint density at radius 2 is 2.27 bits per heavy atom. The van der Waals surface area contributed by atoms with E-state index >= 15 is 0 Å². The van der Waals surface area contributed by atoms with Crippen molar-refractivity contribution in [2.24, 2.45) is 0 Å². The SMILES string of the molecule is CNC1CN(C)c2c(F)cccc2C1O. The molecule has 1 heterocycles. The van der Waals surface area contributed by atoms with Crippen molar-refractivity contribution in [2.75, 3.05) is 25.5 Å². The van der Waals surface area contributed by atoms with Crippen molar-refractivity contribution in [1.29, 1.82) is 0 Å². The minimum atomic E-state index is -0.642. The van der Waals surface area contributed by atoms with E-state index in [9.17, 15) is 9.50 Å². The number of anilines is 1. The summed E-state index contributed by atoms with van der Waals surface area (Å²) in [7, 11) is 3.63. The monoisotopic (exact) mass is 210 g/mol. The molecule has 1 aromatic rings. The molecule has 0 fully saturated rings. The standard InChI is InChI=1S/C11H15FN2O/c1-13-9-6-14(2)10-7(11(9)15)4-3-5-8(10)12/h3-5,9,11,13,15H,6H2,1-2H3. The van der Waals surface area contributed by atoms with E-state index in [1.807, 2.05) is 11.9 Å². The number of hydrogen-bond donors (Lipinski definition) is 2. The van der Waals surface area contributed by atoms with E-state index in [1.54, 1.807) is 19.2 Å². The van der Waals surface area contributed by atoms with Gasteiger partial charge < -0.3 is 15.3 Å². The van der Waals surface area contributed by atoms with Crippen LogP contribution in [0.4, 0.5) is 10.1 Å². The van der Waals surface area contributed by atoms with Crippen molar-refractivity contribution >= 4 is 5.69 Å². The average Bonchev–Trinajstić information content (AvgIpc) is 2.23. The lowest BCUT2D eigenvalue weighted by molar-refractivity contribution is 0.129. The predicted octanol–water partition coefficient (Wildman–Crippen LogP) is 0.897. The summed E-state index contributed by atoms with van der Waals surface area (Å²) < 4.78 is 13.6. The normalized spacial score (nSPS) is 25.2. The Labute approximate surface area is 88.5 Å². The number of nitrogens with zero attached hydrogens (tertiary/aromatic N) is 1. The van der Waals surface area contributed by atoms with Crippen LogP contribution in [-0.4, -0.2) is 31.8 Å². The number of halogens is 1. The van der Waals surface area contributed by atoms with Gasteiger partial charge in [0.2, 0.25) is 0 Å². The number of fused-ring (bicyclic) bond motifs is 1. The maximum atomic E-state index is 13.6. The molecule has 1 aliphatic rings. The van der Waals surface area contributed by atoms with Crippen LogP contribution < -0.4 is 10.2 Å². The second kappa shape index (κ2) is 3.79. The van der Waals surface area contributed by atoms with E-state index in [1.165, 1.54) is 6.07 Å². The Morgan fingerprint density at radius 3 is 2.93 bits per heavy atom. The van der Waals surface area contributed by atoms with Gasteiger partial charge in [0, 0.05) is 19.2 Å². The van der Waals surface area contributed by atoms with Gasteiger partial charge in [0.25, 0.3) is 0 Å². The fourth-order valence-corrected chi connectivity index (χ4v) is 2.13. The largest absolute Gasteiger partial charge is 0.387 e. The van der Waals surface area contributed by atoms with Crippen LogP contribution in [0.1, 0.15) is 11.7 Å². The van der Waals surface area contributed by atoms with E-state index in [-0.39, 0.29) is 11.9 Å². The smallest absolute Gasteiger partial charge is 0.146 e. The average molecular weight is 210 g/mol. The third-order valence-electron chi connectivity index (χ3n) is 2.94. The number of nitrogens with one attached hydrogen (secondary N) is 1. The number of benzene rings is 1. The summed E-state index contributed by atoms with van der Waals surface area (Å²) in [5.74, 6) is -0.274. The fourth-order valence-electron chi connectivity index (χ4n) is 2.13. The molecule has 0 radical (unpaired) electrons. The van der Waals surface area contributed by atoms with Crippen molar-refractivity contribution in [3.63, 3.8) is 0 Å². The first-order chi connectivity index (χ1) is 7.15. The van der Waals surface area contributed by atoms with Gasteiger partial charge in [0.1, 0.15) is 5.82 Å². The highest BCUT2D eigenvalue weighted by atomic mass is 19.1. The summed E-state index contributed by atoms with van der Waals surface area (Å²) in [6.07, 6.45) is -0.642. The highest BCUT2D eigenvalue weighted by molar-refractivity contribution is 5.58. The number of aliphatic hydroxyl groups excluding tert-OH is 1. The second-order valence-electron chi connectivity index (χ2n) is 3.90. The molecule has 82 valence electrons. The fraction of sp³-hybridized carbons (Fsp3) is 0.455. The molecule has 0 bridgehead atoms. The number of rotatable bonds is 1. The van der Waals surface area contributed by atoms with Crippen molar-refractivity contribution in [3.8, 4) is 0 Å². The van der Waals surface area contributed by atoms with Crippen LogP contribution >= 0.6 is 0 Å². The van der Waals surface area contributed by atoms with Crippen LogP contribution in [0.3, 0.4) is 0 Å². The third kappa shape index (κ3) is 1.60. The van der Waals surface area contributed by atoms with Gasteiger partial charge >= 0.3 is 0 Å². The van der Waals surface area contributed by atoms with Gasteiger partial charge in [0.15, 0.2) is 0 Å². The van der Waals surface area contributed by atoms with Crippen LogP contribution in [0.25, 0.3) is 0 Å². The topological polar surface area (TPSA) is 35.5 Å². The molecule has 0 aliphatic carbocycles. The molecule has 1 aliphatic heterocycles. The minimum Gasteiger partial charge on any atom is -0.387 e. The molecular formula is C11H15FN2O. The molecule has 0 aromatic heterocycles. The maximum absolute atomic E-state index is 13.6. The Hall–Kier alpha value is -1.13. The molecule has 2 N–H and O–H groups in total. The van der Waals surface area contributed by atoms with Crippen LogP contribution in [-0.2, 0) is 0 Å². The number of aliphatic hydroxyl groups is 1. The van der Waals surface area contributed by atoms with Crippen LogP contribution in [0.5, 0.6) is 0 Å². The van der Waals surface area contributed by atoms with Gasteiger partial charge in [-0.05, 0) is 13.1 Å². The van der Waals surface area contributed by atoms with E-state index in [2.05, 4.69) is 5.32 Å². The molecule has 15 heavy (non-hydrogen) atoms. The highest BCUT2D eigenvalue weighted by Gasteiger charge is 2.31. The van der Waals surface area contributed by atoms with Gasteiger partial charge in [-0.25, -0.2) is 4.39 Å². The summed E-state index contributed by atoms with van der Waals surface area (Å²) in [5.41, 5.74) is 1.17. The van der Waals surface area contributed by atoms with Crippen LogP contribution in [0, 0.1) is 5.82 Å². The van der Waals surface area contributed by atoms with Crippen molar-refractivity contribution in [1.82, 2.24) is 5.32 Å². The molecule has 1 aromatic carbocycles. The van der Waals surface area contributed by atoms with Crippen LogP contribution in [0.2, 0.25) is 0 Å². The van der Waals surface area contributed by atoms with E-state index in [0.29, 0.717) is 17.8 Å². The van der Waals surface area contributed by atoms with E-state index in [0.717, 1.165) is 0 Å². The zero-order valence-corrected chi connectivity index (χ0v) is 8.87. The van der Waals surface area contributed by atoms with Crippen molar-refractivity contribution < 1.29 is 9.50 Å². The second-order valence-corrected chi connectivity index (χ2v) is 3.90. The number of hydrogen-bond acceptors (Lipinski definition) is 3. The summed E-state index contributed by atoms with van der Waals surface area (Å²) in [4.78, 5) is 1.83. The van der Waals surface area contributed by atoms with Crippen molar-refractivity contribution in [2.45, 2.75) is 12.1 Å². The van der Waals surface area contributed by atoms with Crippen molar-refractivity contribution in [3.05, 3.63) is 29.6 Å². The summed E-state index contributed by atoms with van der Waals surface area (Å²) in [6, 6.07) is 4.76. The molecule has 3 nitrogen and oxygen atoms in total. The van der Waals surface area contributed by atoms with Gasteiger partial charge in [-0.3, -0.25) is 0 Å². The lowest BCUT2D eigenvalue weighted by Gasteiger charge is -2.36. The number of likely N-dealkylation sites (N-methyl/N-ethyl adjacent to an activating group) is 2.